The Kier molecular flexibility index (Phi) is 4.65. The minimum Gasteiger partial charge on any atom is -0.444 e. The molecule has 0 fully saturated rings. The van der Waals surface area contributed by atoms with Gasteiger partial charge in [-0.05, 0) is 27.7 Å². The molecule has 1 rings (SSSR count). The van der Waals surface area contributed by atoms with E-state index in [0.717, 1.165) is 0 Å². The Hall–Kier alpha value is -1.35. The van der Waals surface area contributed by atoms with Gasteiger partial charge in [-0.25, -0.2) is 9.78 Å². The second-order valence-corrected chi connectivity index (χ2v) is 6.07. The zero-order valence-electron chi connectivity index (χ0n) is 11.3. The van der Waals surface area contributed by atoms with E-state index in [1.54, 1.807) is 20.8 Å². The third-order valence-corrected chi connectivity index (χ3v) is 3.12. The highest BCUT2D eigenvalue weighted by atomic mass is 32.1. The lowest BCUT2D eigenvalue weighted by molar-refractivity contribution is -0.205. The molecule has 1 amide bonds. The van der Waals surface area contributed by atoms with Gasteiger partial charge in [-0.15, -0.1) is 0 Å². The molecule has 20 heavy (non-hydrogen) atoms. The van der Waals surface area contributed by atoms with Gasteiger partial charge in [-0.2, -0.15) is 13.2 Å². The molecule has 0 radical (unpaired) electrons. The lowest BCUT2D eigenvalue weighted by Crippen LogP contribution is -2.27. The summed E-state index contributed by atoms with van der Waals surface area (Å²) >= 11 is 0.556. The number of rotatable bonds is 2. The van der Waals surface area contributed by atoms with Crippen LogP contribution in [0.25, 0.3) is 0 Å². The van der Waals surface area contributed by atoms with Crippen LogP contribution in [0.4, 0.5) is 23.1 Å². The van der Waals surface area contributed by atoms with Crippen molar-refractivity contribution in [2.45, 2.75) is 45.6 Å². The number of carbonyl (C=O) groups excluding carboxylic acids is 1. The van der Waals surface area contributed by atoms with E-state index in [-0.39, 0.29) is 15.7 Å². The highest BCUT2D eigenvalue weighted by Crippen LogP contribution is 2.38. The first-order valence-electron chi connectivity index (χ1n) is 5.62. The number of aryl methyl sites for hydroxylation is 1. The van der Waals surface area contributed by atoms with E-state index < -0.39 is 24.0 Å². The minimum absolute atomic E-state index is 0.00545. The van der Waals surface area contributed by atoms with Crippen molar-refractivity contribution < 1.29 is 27.8 Å². The Morgan fingerprint density at radius 2 is 1.95 bits per heavy atom. The number of hydrogen-bond acceptors (Lipinski definition) is 5. The number of anilines is 1. The third kappa shape index (κ3) is 4.64. The summed E-state index contributed by atoms with van der Waals surface area (Å²) in [4.78, 5) is 14.9. The maximum Gasteiger partial charge on any atom is 0.419 e. The Bertz CT molecular complexity index is 494. The molecular formula is C11H15F3N2O3S. The van der Waals surface area contributed by atoms with E-state index in [1.807, 2.05) is 0 Å². The van der Waals surface area contributed by atoms with Crippen molar-refractivity contribution in [1.29, 1.82) is 0 Å². The lowest BCUT2D eigenvalue weighted by Gasteiger charge is -2.18. The van der Waals surface area contributed by atoms with Crippen LogP contribution < -0.4 is 5.32 Å². The number of ether oxygens (including phenoxy) is 1. The van der Waals surface area contributed by atoms with E-state index in [9.17, 15) is 23.1 Å². The zero-order valence-corrected chi connectivity index (χ0v) is 12.1. The van der Waals surface area contributed by atoms with Gasteiger partial charge in [0.05, 0.1) is 10.6 Å². The SMILES string of the molecule is Cc1nc(NC(=O)OC(C)(C)C)sc1C(O)C(F)(F)F. The molecule has 5 nitrogen and oxygen atoms in total. The van der Waals surface area contributed by atoms with Crippen LogP contribution in [0.2, 0.25) is 0 Å². The Morgan fingerprint density at radius 3 is 2.40 bits per heavy atom. The average molecular weight is 312 g/mol. The minimum atomic E-state index is -4.78. The van der Waals surface area contributed by atoms with Crippen LogP contribution in [-0.2, 0) is 4.74 Å². The van der Waals surface area contributed by atoms with Crippen LogP contribution in [0, 0.1) is 6.92 Å². The van der Waals surface area contributed by atoms with E-state index in [4.69, 9.17) is 4.74 Å². The third-order valence-electron chi connectivity index (χ3n) is 2.00. The van der Waals surface area contributed by atoms with Crippen LogP contribution in [0.5, 0.6) is 0 Å². The van der Waals surface area contributed by atoms with E-state index in [1.165, 1.54) is 6.92 Å². The predicted octanol–water partition coefficient (Wildman–Crippen LogP) is 3.39. The lowest BCUT2D eigenvalue weighted by atomic mass is 10.2. The summed E-state index contributed by atoms with van der Waals surface area (Å²) in [5.41, 5.74) is -0.726. The highest BCUT2D eigenvalue weighted by molar-refractivity contribution is 7.16. The molecule has 1 aromatic rings. The topological polar surface area (TPSA) is 71.5 Å². The second kappa shape index (κ2) is 5.57. The fourth-order valence-corrected chi connectivity index (χ4v) is 2.22. The number of alkyl halides is 3. The van der Waals surface area contributed by atoms with Gasteiger partial charge in [0, 0.05) is 0 Å². The number of aliphatic hydroxyl groups is 1. The van der Waals surface area contributed by atoms with Crippen LogP contribution >= 0.6 is 11.3 Å². The summed E-state index contributed by atoms with van der Waals surface area (Å²) in [6.45, 7) is 6.27. The number of halogens is 3. The first-order chi connectivity index (χ1) is 8.90. The fraction of sp³-hybridized carbons (Fsp3) is 0.636. The smallest absolute Gasteiger partial charge is 0.419 e. The molecular weight excluding hydrogens is 297 g/mol. The summed E-state index contributed by atoms with van der Waals surface area (Å²) in [5, 5.41) is 11.3. The molecule has 114 valence electrons. The number of nitrogens with zero attached hydrogens (tertiary/aromatic N) is 1. The quantitative estimate of drug-likeness (QED) is 0.878. The molecule has 0 aliphatic carbocycles. The molecule has 2 N–H and O–H groups in total. The molecule has 0 aromatic carbocycles. The molecule has 1 heterocycles. The number of aromatic nitrogens is 1. The van der Waals surface area contributed by atoms with Crippen LogP contribution in [0.3, 0.4) is 0 Å². The van der Waals surface area contributed by atoms with Crippen molar-refractivity contribution in [3.8, 4) is 0 Å². The Balaban J connectivity index is 2.83. The summed E-state index contributed by atoms with van der Waals surface area (Å²) in [7, 11) is 0. The standard InChI is InChI=1S/C11H15F3N2O3S/c1-5-6(7(17)11(12,13)14)20-8(15-5)16-9(18)19-10(2,3)4/h7,17H,1-4H3,(H,15,16,18). The predicted molar refractivity (Wildman–Crippen MR) is 67.7 cm³/mol. The number of amides is 1. The normalized spacial score (nSPS) is 14.0. The number of nitrogens with one attached hydrogen (secondary N) is 1. The molecule has 0 saturated heterocycles. The molecule has 0 aliphatic rings. The van der Waals surface area contributed by atoms with Crippen LogP contribution in [0.1, 0.15) is 37.4 Å². The van der Waals surface area contributed by atoms with Crippen LogP contribution in [0.15, 0.2) is 0 Å². The van der Waals surface area contributed by atoms with Crippen molar-refractivity contribution in [3.63, 3.8) is 0 Å². The summed E-state index contributed by atoms with van der Waals surface area (Å²) in [5.74, 6) is 0. The number of hydrogen-bond donors (Lipinski definition) is 2. The van der Waals surface area contributed by atoms with E-state index in [2.05, 4.69) is 10.3 Å². The fourth-order valence-electron chi connectivity index (χ4n) is 1.25. The van der Waals surface area contributed by atoms with Gasteiger partial charge in [-0.1, -0.05) is 11.3 Å². The van der Waals surface area contributed by atoms with Gasteiger partial charge in [0.15, 0.2) is 11.2 Å². The van der Waals surface area contributed by atoms with Gasteiger partial charge in [0.2, 0.25) is 0 Å². The monoisotopic (exact) mass is 312 g/mol. The van der Waals surface area contributed by atoms with Crippen molar-refractivity contribution in [3.05, 3.63) is 10.6 Å². The molecule has 0 bridgehead atoms. The molecule has 1 unspecified atom stereocenters. The summed E-state index contributed by atoms with van der Waals surface area (Å²) in [6.07, 6.45) is -8.21. The second-order valence-electron chi connectivity index (χ2n) is 5.04. The van der Waals surface area contributed by atoms with Gasteiger partial charge >= 0.3 is 12.3 Å². The van der Waals surface area contributed by atoms with Crippen molar-refractivity contribution in [2.24, 2.45) is 0 Å². The molecule has 0 spiro atoms. The summed E-state index contributed by atoms with van der Waals surface area (Å²) < 4.78 is 42.2. The van der Waals surface area contributed by atoms with E-state index >= 15 is 0 Å². The van der Waals surface area contributed by atoms with Crippen molar-refractivity contribution in [1.82, 2.24) is 4.98 Å². The molecule has 1 atom stereocenters. The molecule has 0 aliphatic heterocycles. The maximum absolute atomic E-state index is 12.4. The van der Waals surface area contributed by atoms with Gasteiger partial charge in [0.1, 0.15) is 5.60 Å². The average Bonchev–Trinajstić information content (AvgIpc) is 2.53. The maximum atomic E-state index is 12.4. The molecule has 1 aromatic heterocycles. The first kappa shape index (κ1) is 16.7. The van der Waals surface area contributed by atoms with Crippen LogP contribution in [-0.4, -0.2) is 28.0 Å². The van der Waals surface area contributed by atoms with Gasteiger partial charge in [0.25, 0.3) is 0 Å². The van der Waals surface area contributed by atoms with Gasteiger partial charge in [-0.3, -0.25) is 5.32 Å². The Morgan fingerprint density at radius 1 is 1.40 bits per heavy atom. The molecule has 0 saturated carbocycles. The Labute approximate surface area is 117 Å². The number of aliphatic hydroxyl groups excluding tert-OH is 1. The number of thiazole rings is 1. The molecule has 9 heteroatoms. The zero-order chi connectivity index (χ0) is 15.7. The number of carbonyl (C=O) groups is 1. The van der Waals surface area contributed by atoms with Crippen molar-refractivity contribution in [2.75, 3.05) is 5.32 Å². The first-order valence-corrected chi connectivity index (χ1v) is 6.44. The van der Waals surface area contributed by atoms with Gasteiger partial charge < -0.3 is 9.84 Å². The highest BCUT2D eigenvalue weighted by Gasteiger charge is 2.41. The van der Waals surface area contributed by atoms with Crippen molar-refractivity contribution >= 4 is 22.6 Å². The largest absolute Gasteiger partial charge is 0.444 e. The van der Waals surface area contributed by atoms with E-state index in [0.29, 0.717) is 11.3 Å². The summed E-state index contributed by atoms with van der Waals surface area (Å²) in [6, 6.07) is 0.